The zero-order chi connectivity index (χ0) is 14.8. The number of hydrogen-bond donors (Lipinski definition) is 0. The van der Waals surface area contributed by atoms with Crippen molar-refractivity contribution >= 4 is 35.2 Å². The zero-order valence-electron chi connectivity index (χ0n) is 11.1. The summed E-state index contributed by atoms with van der Waals surface area (Å²) in [5, 5.41) is 0.494. The first-order valence-corrected chi connectivity index (χ1v) is 6.91. The lowest BCUT2D eigenvalue weighted by Gasteiger charge is -2.13. The largest absolute Gasteiger partial charge is 0.274 e. The lowest BCUT2D eigenvalue weighted by molar-refractivity contribution is -0.120. The molecule has 0 aromatic heterocycles. The molecule has 1 fully saturated rings. The molecule has 2 amide bonds. The summed E-state index contributed by atoms with van der Waals surface area (Å²) in [6.45, 7) is 0. The van der Waals surface area contributed by atoms with Gasteiger partial charge in [-0.3, -0.25) is 9.59 Å². The van der Waals surface area contributed by atoms with Crippen LogP contribution < -0.4 is 4.90 Å². The van der Waals surface area contributed by atoms with Crippen LogP contribution in [0.5, 0.6) is 0 Å². The monoisotopic (exact) mass is 297 g/mol. The van der Waals surface area contributed by atoms with E-state index in [-0.39, 0.29) is 18.2 Å². The molecule has 21 heavy (non-hydrogen) atoms. The van der Waals surface area contributed by atoms with Gasteiger partial charge in [0, 0.05) is 10.6 Å². The number of anilines is 1. The molecule has 1 aliphatic rings. The fraction of sp³-hybridized carbons (Fsp3) is 0.0588. The normalized spacial score (nSPS) is 16.8. The maximum Gasteiger partial charge on any atom is 0.261 e. The SMILES string of the molecule is O=C1C/C(=C/c2ccccc2)C(=O)N1c1cccc(Cl)c1. The van der Waals surface area contributed by atoms with Gasteiger partial charge in [-0.15, -0.1) is 0 Å². The van der Waals surface area contributed by atoms with E-state index in [0.29, 0.717) is 16.3 Å². The highest BCUT2D eigenvalue weighted by molar-refractivity contribution is 6.32. The predicted molar refractivity (Wildman–Crippen MR) is 83.0 cm³/mol. The van der Waals surface area contributed by atoms with Gasteiger partial charge >= 0.3 is 0 Å². The predicted octanol–water partition coefficient (Wildman–Crippen LogP) is 3.69. The van der Waals surface area contributed by atoms with Gasteiger partial charge in [0.25, 0.3) is 5.91 Å². The summed E-state index contributed by atoms with van der Waals surface area (Å²) < 4.78 is 0. The smallest absolute Gasteiger partial charge is 0.261 e. The average Bonchev–Trinajstić information content (AvgIpc) is 2.74. The topological polar surface area (TPSA) is 37.4 Å². The Bertz CT molecular complexity index is 737. The molecule has 0 unspecified atom stereocenters. The first-order valence-electron chi connectivity index (χ1n) is 6.53. The summed E-state index contributed by atoms with van der Waals surface area (Å²) in [4.78, 5) is 25.7. The minimum absolute atomic E-state index is 0.111. The van der Waals surface area contributed by atoms with Crippen LogP contribution in [0.2, 0.25) is 5.02 Å². The molecule has 1 aliphatic heterocycles. The third kappa shape index (κ3) is 2.73. The summed E-state index contributed by atoms with van der Waals surface area (Å²) in [6, 6.07) is 16.2. The number of carbonyl (C=O) groups is 2. The summed E-state index contributed by atoms with van der Waals surface area (Å²) in [5.41, 5.74) is 1.90. The van der Waals surface area contributed by atoms with Gasteiger partial charge in [0.1, 0.15) is 0 Å². The Kier molecular flexibility index (Phi) is 3.59. The molecule has 3 nitrogen and oxygen atoms in total. The summed E-state index contributed by atoms with van der Waals surface area (Å²) in [6.07, 6.45) is 1.87. The zero-order valence-corrected chi connectivity index (χ0v) is 11.9. The second-order valence-corrected chi connectivity index (χ2v) is 5.21. The summed E-state index contributed by atoms with van der Waals surface area (Å²) in [7, 11) is 0. The van der Waals surface area contributed by atoms with E-state index in [9.17, 15) is 9.59 Å². The number of nitrogens with zero attached hydrogens (tertiary/aromatic N) is 1. The highest BCUT2D eigenvalue weighted by Crippen LogP contribution is 2.28. The van der Waals surface area contributed by atoms with Crippen LogP contribution in [0.1, 0.15) is 12.0 Å². The minimum Gasteiger partial charge on any atom is -0.274 e. The van der Waals surface area contributed by atoms with Gasteiger partial charge in [0.05, 0.1) is 12.1 Å². The van der Waals surface area contributed by atoms with Crippen molar-refractivity contribution in [2.45, 2.75) is 6.42 Å². The maximum atomic E-state index is 12.4. The standard InChI is InChI=1S/C17H12ClNO2/c18-14-7-4-8-15(11-14)19-16(20)10-13(17(19)21)9-12-5-2-1-3-6-12/h1-9,11H,10H2/b13-9-. The lowest BCUT2D eigenvalue weighted by atomic mass is 10.1. The van der Waals surface area contributed by atoms with Crippen LogP contribution in [-0.2, 0) is 9.59 Å². The third-order valence-electron chi connectivity index (χ3n) is 3.28. The van der Waals surface area contributed by atoms with Gasteiger partial charge in [0.15, 0.2) is 0 Å². The fourth-order valence-corrected chi connectivity index (χ4v) is 2.50. The van der Waals surface area contributed by atoms with Crippen LogP contribution in [0.25, 0.3) is 6.08 Å². The van der Waals surface area contributed by atoms with Crippen molar-refractivity contribution in [3.05, 3.63) is 70.8 Å². The van der Waals surface area contributed by atoms with E-state index in [1.54, 1.807) is 30.3 Å². The first kappa shape index (κ1) is 13.6. The molecule has 0 aliphatic carbocycles. The molecule has 0 atom stereocenters. The number of imide groups is 1. The van der Waals surface area contributed by atoms with E-state index >= 15 is 0 Å². The van der Waals surface area contributed by atoms with E-state index in [4.69, 9.17) is 11.6 Å². The van der Waals surface area contributed by atoms with Crippen LogP contribution in [0, 0.1) is 0 Å². The van der Waals surface area contributed by atoms with Crippen molar-refractivity contribution in [3.8, 4) is 0 Å². The molecule has 3 rings (SSSR count). The molecular formula is C17H12ClNO2. The van der Waals surface area contributed by atoms with Gasteiger partial charge in [-0.25, -0.2) is 4.90 Å². The van der Waals surface area contributed by atoms with Gasteiger partial charge in [-0.1, -0.05) is 48.0 Å². The molecule has 104 valence electrons. The molecule has 2 aromatic carbocycles. The van der Waals surface area contributed by atoms with E-state index in [1.807, 2.05) is 30.3 Å². The first-order chi connectivity index (χ1) is 10.1. The number of amides is 2. The number of halogens is 1. The Hall–Kier alpha value is -2.39. The van der Waals surface area contributed by atoms with Gasteiger partial charge in [-0.05, 0) is 29.8 Å². The molecule has 0 radical (unpaired) electrons. The van der Waals surface area contributed by atoms with Crippen LogP contribution in [0.15, 0.2) is 60.2 Å². The Balaban J connectivity index is 1.94. The highest BCUT2D eigenvalue weighted by atomic mass is 35.5. The summed E-state index contributed by atoms with van der Waals surface area (Å²) >= 11 is 5.92. The second kappa shape index (κ2) is 5.54. The number of rotatable bonds is 2. The molecule has 2 aromatic rings. The summed E-state index contributed by atoms with van der Waals surface area (Å²) in [5.74, 6) is -0.518. The van der Waals surface area contributed by atoms with E-state index in [2.05, 4.69) is 0 Å². The molecule has 4 heteroatoms. The Morgan fingerprint density at radius 2 is 1.76 bits per heavy atom. The molecule has 0 N–H and O–H groups in total. The van der Waals surface area contributed by atoms with Crippen molar-refractivity contribution < 1.29 is 9.59 Å². The van der Waals surface area contributed by atoms with Crippen LogP contribution in [-0.4, -0.2) is 11.8 Å². The molecule has 0 spiro atoms. The molecular weight excluding hydrogens is 286 g/mol. The molecule has 0 saturated carbocycles. The average molecular weight is 298 g/mol. The van der Waals surface area contributed by atoms with Gasteiger partial charge in [-0.2, -0.15) is 0 Å². The Morgan fingerprint density at radius 1 is 1.00 bits per heavy atom. The van der Waals surface area contributed by atoms with Crippen LogP contribution >= 0.6 is 11.6 Å². The van der Waals surface area contributed by atoms with E-state index < -0.39 is 0 Å². The highest BCUT2D eigenvalue weighted by Gasteiger charge is 2.34. The number of hydrogen-bond acceptors (Lipinski definition) is 2. The lowest BCUT2D eigenvalue weighted by Crippen LogP contribution is -2.28. The van der Waals surface area contributed by atoms with Gasteiger partial charge < -0.3 is 0 Å². The van der Waals surface area contributed by atoms with Crippen molar-refractivity contribution in [1.82, 2.24) is 0 Å². The van der Waals surface area contributed by atoms with Crippen molar-refractivity contribution in [2.75, 3.05) is 4.90 Å². The Labute approximate surface area is 127 Å². The fourth-order valence-electron chi connectivity index (χ4n) is 2.31. The van der Waals surface area contributed by atoms with Crippen LogP contribution in [0.3, 0.4) is 0 Å². The van der Waals surface area contributed by atoms with Crippen molar-refractivity contribution in [2.24, 2.45) is 0 Å². The number of carbonyl (C=O) groups excluding carboxylic acids is 2. The second-order valence-electron chi connectivity index (χ2n) is 4.77. The molecule has 0 bridgehead atoms. The quantitative estimate of drug-likeness (QED) is 0.626. The van der Waals surface area contributed by atoms with E-state index in [0.717, 1.165) is 5.56 Å². The maximum absolute atomic E-state index is 12.4. The van der Waals surface area contributed by atoms with Crippen molar-refractivity contribution in [1.29, 1.82) is 0 Å². The van der Waals surface area contributed by atoms with Crippen LogP contribution in [0.4, 0.5) is 5.69 Å². The van der Waals surface area contributed by atoms with Gasteiger partial charge in [0.2, 0.25) is 5.91 Å². The van der Waals surface area contributed by atoms with E-state index in [1.165, 1.54) is 4.90 Å². The third-order valence-corrected chi connectivity index (χ3v) is 3.51. The molecule has 1 saturated heterocycles. The Morgan fingerprint density at radius 3 is 2.48 bits per heavy atom. The minimum atomic E-state index is -0.286. The number of benzene rings is 2. The molecule has 1 heterocycles. The van der Waals surface area contributed by atoms with Crippen molar-refractivity contribution in [3.63, 3.8) is 0 Å².